The van der Waals surface area contributed by atoms with Crippen LogP contribution in [0.2, 0.25) is 0 Å². The van der Waals surface area contributed by atoms with E-state index in [1.807, 2.05) is 56.1 Å². The Labute approximate surface area is 119 Å². The maximum atomic E-state index is 12.4. The number of nitrogens with zero attached hydrogens (tertiary/aromatic N) is 1. The van der Waals surface area contributed by atoms with Crippen LogP contribution in [-0.2, 0) is 0 Å². The van der Waals surface area contributed by atoms with Crippen molar-refractivity contribution in [3.8, 4) is 5.75 Å². The third kappa shape index (κ3) is 2.85. The number of ether oxygens (including phenoxy) is 1. The smallest absolute Gasteiger partial charge is 0.183 e. The summed E-state index contributed by atoms with van der Waals surface area (Å²) in [5.41, 5.74) is 3.59. The third-order valence-corrected chi connectivity index (χ3v) is 3.33. The summed E-state index contributed by atoms with van der Waals surface area (Å²) in [6, 6.07) is 9.58. The zero-order chi connectivity index (χ0) is 14.7. The van der Waals surface area contributed by atoms with Crippen LogP contribution in [0.3, 0.4) is 0 Å². The second kappa shape index (κ2) is 5.82. The van der Waals surface area contributed by atoms with Gasteiger partial charge in [0.15, 0.2) is 5.78 Å². The summed E-state index contributed by atoms with van der Waals surface area (Å²) in [7, 11) is 3.53. The Kier molecular flexibility index (Phi) is 4.13. The minimum Gasteiger partial charge on any atom is -0.495 e. The number of ketones is 1. The van der Waals surface area contributed by atoms with Gasteiger partial charge in [-0.05, 0) is 32.0 Å². The summed E-state index contributed by atoms with van der Waals surface area (Å²) in [4.78, 5) is 17.4. The van der Waals surface area contributed by atoms with Crippen molar-refractivity contribution in [1.82, 2.24) is 4.98 Å². The van der Waals surface area contributed by atoms with E-state index in [9.17, 15) is 4.79 Å². The molecule has 0 spiro atoms. The molecule has 2 rings (SSSR count). The van der Waals surface area contributed by atoms with Crippen molar-refractivity contribution in [1.29, 1.82) is 0 Å². The van der Waals surface area contributed by atoms with Crippen LogP contribution >= 0.6 is 0 Å². The number of aryl methyl sites for hydroxylation is 2. The third-order valence-electron chi connectivity index (χ3n) is 3.33. The fourth-order valence-electron chi connectivity index (χ4n) is 2.34. The fourth-order valence-corrected chi connectivity index (χ4v) is 2.34. The minimum absolute atomic E-state index is 0.0975. The van der Waals surface area contributed by atoms with E-state index in [0.717, 1.165) is 28.4 Å². The number of benzene rings is 1. The van der Waals surface area contributed by atoms with Gasteiger partial charge in [0.05, 0.1) is 19.3 Å². The van der Waals surface area contributed by atoms with Gasteiger partial charge in [0.1, 0.15) is 5.75 Å². The molecule has 1 aromatic heterocycles. The first-order valence-electron chi connectivity index (χ1n) is 6.56. The highest BCUT2D eigenvalue weighted by Crippen LogP contribution is 2.26. The number of methoxy groups -OCH3 is 1. The van der Waals surface area contributed by atoms with E-state index in [0.29, 0.717) is 6.54 Å². The number of nitrogens with one attached hydrogen (secondary N) is 1. The van der Waals surface area contributed by atoms with Crippen molar-refractivity contribution < 1.29 is 9.53 Å². The Morgan fingerprint density at radius 2 is 2.00 bits per heavy atom. The second-order valence-corrected chi connectivity index (χ2v) is 4.94. The number of carbonyl (C=O) groups excluding carboxylic acids is 1. The molecule has 0 unspecified atom stereocenters. The molecule has 0 saturated heterocycles. The minimum atomic E-state index is 0.0975. The van der Waals surface area contributed by atoms with Crippen LogP contribution < -0.4 is 9.64 Å². The lowest BCUT2D eigenvalue weighted by molar-refractivity contribution is 0.1000. The van der Waals surface area contributed by atoms with Gasteiger partial charge in [-0.1, -0.05) is 12.1 Å². The lowest BCUT2D eigenvalue weighted by Gasteiger charge is -2.20. The number of H-pyrrole nitrogens is 1. The van der Waals surface area contributed by atoms with E-state index in [4.69, 9.17) is 4.74 Å². The molecular weight excluding hydrogens is 252 g/mol. The van der Waals surface area contributed by atoms with Crippen LogP contribution in [0, 0.1) is 13.8 Å². The number of para-hydroxylation sites is 2. The van der Waals surface area contributed by atoms with Gasteiger partial charge in [-0.25, -0.2) is 0 Å². The predicted molar refractivity (Wildman–Crippen MR) is 80.9 cm³/mol. The molecule has 0 amide bonds. The summed E-state index contributed by atoms with van der Waals surface area (Å²) in [6.07, 6.45) is 0. The van der Waals surface area contributed by atoms with Gasteiger partial charge in [0, 0.05) is 24.0 Å². The number of Topliss-reactive ketones (excluding diaryl/α,β-unsaturated/α-hetero) is 1. The van der Waals surface area contributed by atoms with Gasteiger partial charge in [-0.15, -0.1) is 0 Å². The van der Waals surface area contributed by atoms with E-state index in [1.54, 1.807) is 7.11 Å². The van der Waals surface area contributed by atoms with Gasteiger partial charge in [0.25, 0.3) is 0 Å². The zero-order valence-electron chi connectivity index (χ0n) is 12.4. The van der Waals surface area contributed by atoms with E-state index in [1.165, 1.54) is 0 Å². The average Bonchev–Trinajstić information content (AvgIpc) is 2.77. The molecule has 0 aliphatic carbocycles. The molecule has 0 saturated carbocycles. The van der Waals surface area contributed by atoms with E-state index in [2.05, 4.69) is 4.98 Å². The molecule has 4 heteroatoms. The number of rotatable bonds is 5. The fraction of sp³-hybridized carbons (Fsp3) is 0.312. The van der Waals surface area contributed by atoms with Gasteiger partial charge >= 0.3 is 0 Å². The average molecular weight is 272 g/mol. The van der Waals surface area contributed by atoms with Crippen molar-refractivity contribution in [3.63, 3.8) is 0 Å². The number of carbonyl (C=O) groups is 1. The number of hydrogen-bond donors (Lipinski definition) is 1. The van der Waals surface area contributed by atoms with E-state index < -0.39 is 0 Å². The van der Waals surface area contributed by atoms with Crippen molar-refractivity contribution in [2.75, 3.05) is 25.6 Å². The van der Waals surface area contributed by atoms with Gasteiger partial charge in [0.2, 0.25) is 0 Å². The van der Waals surface area contributed by atoms with Crippen molar-refractivity contribution in [3.05, 3.63) is 47.3 Å². The molecule has 0 radical (unpaired) electrons. The SMILES string of the molecule is COc1ccccc1N(C)CC(=O)c1cc(C)[nH]c1C. The lowest BCUT2D eigenvalue weighted by atomic mass is 10.1. The summed E-state index contributed by atoms with van der Waals surface area (Å²) in [5, 5.41) is 0. The Morgan fingerprint density at radius 3 is 2.60 bits per heavy atom. The zero-order valence-corrected chi connectivity index (χ0v) is 12.4. The molecule has 0 fully saturated rings. The summed E-state index contributed by atoms with van der Waals surface area (Å²) >= 11 is 0. The molecule has 0 atom stereocenters. The van der Waals surface area contributed by atoms with Crippen LogP contribution in [0.4, 0.5) is 5.69 Å². The molecule has 1 aromatic carbocycles. The molecule has 1 heterocycles. The maximum absolute atomic E-state index is 12.4. The predicted octanol–water partition coefficient (Wildman–Crippen LogP) is 2.96. The molecule has 0 aliphatic rings. The largest absolute Gasteiger partial charge is 0.495 e. The highest BCUT2D eigenvalue weighted by atomic mass is 16.5. The topological polar surface area (TPSA) is 45.3 Å². The van der Waals surface area contributed by atoms with Crippen LogP contribution in [0.15, 0.2) is 30.3 Å². The van der Waals surface area contributed by atoms with Crippen molar-refractivity contribution in [2.45, 2.75) is 13.8 Å². The van der Waals surface area contributed by atoms with Crippen LogP contribution in [0.5, 0.6) is 5.75 Å². The summed E-state index contributed by atoms with van der Waals surface area (Å²) < 4.78 is 5.32. The van der Waals surface area contributed by atoms with Crippen molar-refractivity contribution in [2.24, 2.45) is 0 Å². The molecule has 0 bridgehead atoms. The molecule has 106 valence electrons. The first kappa shape index (κ1) is 14.2. The molecule has 0 aliphatic heterocycles. The van der Waals surface area contributed by atoms with Gasteiger partial charge in [-0.2, -0.15) is 0 Å². The summed E-state index contributed by atoms with van der Waals surface area (Å²) in [6.45, 7) is 4.19. The first-order chi connectivity index (χ1) is 9.52. The van der Waals surface area contributed by atoms with Crippen LogP contribution in [-0.4, -0.2) is 31.5 Å². The highest BCUT2D eigenvalue weighted by Gasteiger charge is 2.15. The van der Waals surface area contributed by atoms with Crippen LogP contribution in [0.1, 0.15) is 21.7 Å². The quantitative estimate of drug-likeness (QED) is 0.851. The molecule has 20 heavy (non-hydrogen) atoms. The lowest BCUT2D eigenvalue weighted by Crippen LogP contribution is -2.26. The Hall–Kier alpha value is -2.23. The number of aromatic nitrogens is 1. The Morgan fingerprint density at radius 1 is 1.30 bits per heavy atom. The number of hydrogen-bond acceptors (Lipinski definition) is 3. The molecule has 4 nitrogen and oxygen atoms in total. The monoisotopic (exact) mass is 272 g/mol. The van der Waals surface area contributed by atoms with E-state index >= 15 is 0 Å². The van der Waals surface area contributed by atoms with Crippen molar-refractivity contribution >= 4 is 11.5 Å². The first-order valence-corrected chi connectivity index (χ1v) is 6.56. The van der Waals surface area contributed by atoms with Crippen LogP contribution in [0.25, 0.3) is 0 Å². The molecule has 2 aromatic rings. The standard InChI is InChI=1S/C16H20N2O2/c1-11-9-13(12(2)17-11)15(19)10-18(3)14-7-5-6-8-16(14)20-4/h5-9,17H,10H2,1-4H3. The Balaban J connectivity index is 2.17. The number of likely N-dealkylation sites (N-methyl/N-ethyl adjacent to an activating group) is 1. The van der Waals surface area contributed by atoms with E-state index in [-0.39, 0.29) is 5.78 Å². The molecule has 1 N–H and O–H groups in total. The molecular formula is C16H20N2O2. The summed E-state index contributed by atoms with van der Waals surface area (Å²) in [5.74, 6) is 0.866. The second-order valence-electron chi connectivity index (χ2n) is 4.94. The van der Waals surface area contributed by atoms with Gasteiger partial charge < -0.3 is 14.6 Å². The number of anilines is 1. The van der Waals surface area contributed by atoms with Gasteiger partial charge in [-0.3, -0.25) is 4.79 Å². The maximum Gasteiger partial charge on any atom is 0.183 e. The normalized spacial score (nSPS) is 10.4. The highest BCUT2D eigenvalue weighted by molar-refractivity contribution is 6.00. The Bertz CT molecular complexity index is 617. The number of aromatic amines is 1.